The van der Waals surface area contributed by atoms with Crippen molar-refractivity contribution >= 4 is 40.9 Å². The summed E-state index contributed by atoms with van der Waals surface area (Å²) < 4.78 is 1.79. The van der Waals surface area contributed by atoms with Gasteiger partial charge in [0.15, 0.2) is 0 Å². The van der Waals surface area contributed by atoms with Crippen LogP contribution in [0, 0.1) is 0 Å². The van der Waals surface area contributed by atoms with E-state index in [9.17, 15) is 4.79 Å². The monoisotopic (exact) mass is 371 g/mol. The topological polar surface area (TPSA) is 72.7 Å². The third-order valence-corrected chi connectivity index (χ3v) is 5.18. The van der Waals surface area contributed by atoms with Crippen LogP contribution in [0.3, 0.4) is 0 Å². The molecule has 1 N–H and O–H groups in total. The number of aromatic nitrogens is 4. The van der Waals surface area contributed by atoms with Crippen molar-refractivity contribution in [3.05, 3.63) is 33.8 Å². The van der Waals surface area contributed by atoms with Gasteiger partial charge in [0.2, 0.25) is 11.1 Å². The lowest BCUT2D eigenvalue weighted by Gasteiger charge is -2.14. The number of carbonyl (C=O) groups is 1. The minimum absolute atomic E-state index is 0.0843. The van der Waals surface area contributed by atoms with Gasteiger partial charge in [-0.3, -0.25) is 4.79 Å². The molecule has 1 aromatic carbocycles. The first-order valence-electron chi connectivity index (χ1n) is 7.19. The molecule has 0 spiro atoms. The van der Waals surface area contributed by atoms with E-state index in [0.717, 1.165) is 18.4 Å². The highest BCUT2D eigenvalue weighted by Gasteiger charge is 2.28. The Morgan fingerprint density at radius 3 is 2.91 bits per heavy atom. The second-order valence-corrected chi connectivity index (χ2v) is 7.15. The lowest BCUT2D eigenvalue weighted by atomic mass is 10.1. The van der Waals surface area contributed by atoms with Crippen LogP contribution >= 0.6 is 35.0 Å². The quantitative estimate of drug-likeness (QED) is 0.788. The Kier molecular flexibility index (Phi) is 5.08. The number of hydrogen-bond acceptors (Lipinski definition) is 5. The van der Waals surface area contributed by atoms with Crippen molar-refractivity contribution in [2.45, 2.75) is 37.0 Å². The molecule has 6 nitrogen and oxygen atoms in total. The van der Waals surface area contributed by atoms with Crippen LogP contribution in [0.4, 0.5) is 0 Å². The molecular formula is C14H15Cl2N5OS. The lowest BCUT2D eigenvalue weighted by Crippen LogP contribution is -2.28. The van der Waals surface area contributed by atoms with E-state index in [0.29, 0.717) is 21.2 Å². The third-order valence-electron chi connectivity index (χ3n) is 3.51. The minimum Gasteiger partial charge on any atom is -0.349 e. The molecule has 0 aliphatic heterocycles. The normalized spacial score (nSPS) is 15.4. The van der Waals surface area contributed by atoms with Crippen LogP contribution < -0.4 is 5.32 Å². The van der Waals surface area contributed by atoms with Crippen molar-refractivity contribution in [3.63, 3.8) is 0 Å². The molecular weight excluding hydrogens is 357 g/mol. The van der Waals surface area contributed by atoms with Crippen LogP contribution in [-0.4, -0.2) is 31.9 Å². The Labute approximate surface area is 147 Å². The van der Waals surface area contributed by atoms with E-state index >= 15 is 0 Å². The largest absolute Gasteiger partial charge is 0.349 e. The van der Waals surface area contributed by atoms with E-state index in [2.05, 4.69) is 20.8 Å². The van der Waals surface area contributed by atoms with E-state index in [1.807, 2.05) is 13.0 Å². The van der Waals surface area contributed by atoms with Crippen molar-refractivity contribution in [3.8, 4) is 0 Å². The second-order valence-electron chi connectivity index (χ2n) is 5.39. The summed E-state index contributed by atoms with van der Waals surface area (Å²) in [6, 6.07) is 5.57. The van der Waals surface area contributed by atoms with Crippen molar-refractivity contribution in [1.82, 2.24) is 25.5 Å². The van der Waals surface area contributed by atoms with Crippen LogP contribution in [0.25, 0.3) is 0 Å². The number of nitrogens with zero attached hydrogens (tertiary/aromatic N) is 4. The number of hydrogen-bond donors (Lipinski definition) is 1. The summed E-state index contributed by atoms with van der Waals surface area (Å²) in [6.07, 6.45) is 2.19. The zero-order valence-electron chi connectivity index (χ0n) is 12.4. The molecule has 0 bridgehead atoms. The number of carbonyl (C=O) groups excluding carboxylic acids is 1. The van der Waals surface area contributed by atoms with Crippen molar-refractivity contribution in [2.24, 2.45) is 0 Å². The predicted octanol–water partition coefficient (Wildman–Crippen LogP) is 3.28. The van der Waals surface area contributed by atoms with Crippen molar-refractivity contribution < 1.29 is 4.79 Å². The summed E-state index contributed by atoms with van der Waals surface area (Å²) in [7, 11) is 0. The number of thioether (sulfide) groups is 1. The maximum atomic E-state index is 12.1. The maximum Gasteiger partial charge on any atom is 0.230 e. The standard InChI is InChI=1S/C14H15Cl2N5OS/c1-8(9-2-5-11(15)12(16)6-9)17-13(22)7-23-14-18-19-20-21(14)10-3-4-10/h2,5-6,8,10H,3-4,7H2,1H3,(H,17,22). The first kappa shape index (κ1) is 16.5. The summed E-state index contributed by atoms with van der Waals surface area (Å²) in [6.45, 7) is 1.90. The summed E-state index contributed by atoms with van der Waals surface area (Å²) in [5, 5.41) is 16.2. The molecule has 1 fully saturated rings. The molecule has 9 heteroatoms. The molecule has 0 saturated heterocycles. The Hall–Kier alpha value is -1.31. The molecule has 1 aromatic heterocycles. The molecule has 1 unspecified atom stereocenters. The highest BCUT2D eigenvalue weighted by atomic mass is 35.5. The Balaban J connectivity index is 1.54. The SMILES string of the molecule is CC(NC(=O)CSc1nnnn1C1CC1)c1ccc(Cl)c(Cl)c1. The number of benzene rings is 1. The Bertz CT molecular complexity index is 719. The van der Waals surface area contributed by atoms with Gasteiger partial charge in [0.25, 0.3) is 0 Å². The van der Waals surface area contributed by atoms with Gasteiger partial charge in [0, 0.05) is 0 Å². The average molecular weight is 372 g/mol. The van der Waals surface area contributed by atoms with Gasteiger partial charge in [-0.1, -0.05) is 41.0 Å². The van der Waals surface area contributed by atoms with Gasteiger partial charge in [0.05, 0.1) is 27.9 Å². The second kappa shape index (κ2) is 7.07. The molecule has 0 radical (unpaired) electrons. The number of tetrazole rings is 1. The van der Waals surface area contributed by atoms with Gasteiger partial charge >= 0.3 is 0 Å². The molecule has 1 aliphatic rings. The van der Waals surface area contributed by atoms with E-state index in [1.165, 1.54) is 11.8 Å². The molecule has 1 aliphatic carbocycles. The fourth-order valence-corrected chi connectivity index (χ4v) is 3.17. The minimum atomic E-state index is -0.155. The van der Waals surface area contributed by atoms with Crippen LogP contribution in [0.15, 0.2) is 23.4 Å². The third kappa shape index (κ3) is 4.16. The molecule has 1 saturated carbocycles. The average Bonchev–Trinajstić information content (AvgIpc) is 3.26. The van der Waals surface area contributed by atoms with Crippen molar-refractivity contribution in [1.29, 1.82) is 0 Å². The molecule has 1 atom stereocenters. The highest BCUT2D eigenvalue weighted by Crippen LogP contribution is 2.36. The first-order chi connectivity index (χ1) is 11.0. The number of amides is 1. The van der Waals surface area contributed by atoms with Crippen molar-refractivity contribution in [2.75, 3.05) is 5.75 Å². The summed E-state index contributed by atoms with van der Waals surface area (Å²) in [4.78, 5) is 12.1. The van der Waals surface area contributed by atoms with Gasteiger partial charge < -0.3 is 5.32 Å². The molecule has 2 aromatic rings. The van der Waals surface area contributed by atoms with E-state index in [1.54, 1.807) is 16.8 Å². The van der Waals surface area contributed by atoms with Crippen LogP contribution in [0.1, 0.15) is 37.4 Å². The number of nitrogens with one attached hydrogen (secondary N) is 1. The first-order valence-corrected chi connectivity index (χ1v) is 8.93. The molecule has 23 heavy (non-hydrogen) atoms. The van der Waals surface area contributed by atoms with Gasteiger partial charge in [-0.05, 0) is 47.9 Å². The maximum absolute atomic E-state index is 12.1. The fraction of sp³-hybridized carbons (Fsp3) is 0.429. The lowest BCUT2D eigenvalue weighted by molar-refractivity contribution is -0.119. The summed E-state index contributed by atoms with van der Waals surface area (Å²) in [5.74, 6) is 0.178. The Morgan fingerprint density at radius 2 is 2.22 bits per heavy atom. The highest BCUT2D eigenvalue weighted by molar-refractivity contribution is 7.99. The fourth-order valence-electron chi connectivity index (χ4n) is 2.11. The summed E-state index contributed by atoms with van der Waals surface area (Å²) in [5.41, 5.74) is 0.903. The zero-order valence-corrected chi connectivity index (χ0v) is 14.7. The molecule has 122 valence electrons. The smallest absolute Gasteiger partial charge is 0.230 e. The molecule has 3 rings (SSSR count). The van der Waals surface area contributed by atoms with Gasteiger partial charge in [-0.15, -0.1) is 5.10 Å². The van der Waals surface area contributed by atoms with E-state index in [-0.39, 0.29) is 17.7 Å². The van der Waals surface area contributed by atoms with Crippen LogP contribution in [0.2, 0.25) is 10.0 Å². The van der Waals surface area contributed by atoms with E-state index < -0.39 is 0 Å². The zero-order chi connectivity index (χ0) is 16.4. The number of rotatable bonds is 6. The molecule has 1 heterocycles. The number of halogens is 2. The van der Waals surface area contributed by atoms with E-state index in [4.69, 9.17) is 23.2 Å². The van der Waals surface area contributed by atoms with Gasteiger partial charge in [0.1, 0.15) is 0 Å². The Morgan fingerprint density at radius 1 is 1.43 bits per heavy atom. The summed E-state index contributed by atoms with van der Waals surface area (Å²) >= 11 is 13.2. The molecule has 1 amide bonds. The van der Waals surface area contributed by atoms with Crippen LogP contribution in [0.5, 0.6) is 0 Å². The predicted molar refractivity (Wildman–Crippen MR) is 89.8 cm³/mol. The van der Waals surface area contributed by atoms with Gasteiger partial charge in [-0.25, -0.2) is 4.68 Å². The van der Waals surface area contributed by atoms with Crippen LogP contribution in [-0.2, 0) is 4.79 Å². The van der Waals surface area contributed by atoms with Gasteiger partial charge in [-0.2, -0.15) is 0 Å².